The van der Waals surface area contributed by atoms with E-state index in [4.69, 9.17) is 11.6 Å². The molecule has 5 heteroatoms. The molecule has 1 N–H and O–H groups in total. The number of rotatable bonds is 2. The minimum absolute atomic E-state index is 0.118. The van der Waals surface area contributed by atoms with E-state index in [0.717, 1.165) is 10.0 Å². The Kier molecular flexibility index (Phi) is 3.36. The first kappa shape index (κ1) is 13.3. The molecule has 0 aromatic heterocycles. The van der Waals surface area contributed by atoms with Gasteiger partial charge in [0.15, 0.2) is 5.78 Å². The van der Waals surface area contributed by atoms with E-state index in [1.54, 1.807) is 36.4 Å². The summed E-state index contributed by atoms with van der Waals surface area (Å²) in [6.07, 6.45) is 0.260. The smallest absolute Gasteiger partial charge is 0.228 e. The third kappa shape index (κ3) is 2.37. The maximum Gasteiger partial charge on any atom is 0.228 e. The van der Waals surface area contributed by atoms with Gasteiger partial charge in [-0.1, -0.05) is 27.5 Å². The second-order valence-corrected chi connectivity index (χ2v) is 5.90. The highest BCUT2D eigenvalue weighted by Crippen LogP contribution is 2.32. The number of carbonyl (C=O) groups is 2. The van der Waals surface area contributed by atoms with E-state index in [2.05, 4.69) is 21.2 Å². The zero-order chi connectivity index (χ0) is 14.3. The van der Waals surface area contributed by atoms with Gasteiger partial charge in [-0.15, -0.1) is 0 Å². The maximum atomic E-state index is 12.6. The summed E-state index contributed by atoms with van der Waals surface area (Å²) in [5.74, 6) is -0.273. The van der Waals surface area contributed by atoms with Gasteiger partial charge in [0.05, 0.1) is 12.1 Å². The molecule has 0 atom stereocenters. The van der Waals surface area contributed by atoms with E-state index < -0.39 is 0 Å². The average molecular weight is 351 g/mol. The molecular formula is C15H9BrClNO2. The number of hydrogen-bond acceptors (Lipinski definition) is 2. The quantitative estimate of drug-likeness (QED) is 0.837. The predicted octanol–water partition coefficient (Wildman–Crippen LogP) is 3.83. The molecule has 0 unspecified atom stereocenters. The summed E-state index contributed by atoms with van der Waals surface area (Å²) in [5, 5.41) is 3.19. The van der Waals surface area contributed by atoms with Gasteiger partial charge in [0.25, 0.3) is 0 Å². The van der Waals surface area contributed by atoms with Crippen molar-refractivity contribution in [2.45, 2.75) is 6.42 Å². The van der Waals surface area contributed by atoms with Crippen molar-refractivity contribution < 1.29 is 9.59 Å². The molecule has 3 nitrogen and oxygen atoms in total. The van der Waals surface area contributed by atoms with Gasteiger partial charge in [0.1, 0.15) is 0 Å². The number of benzene rings is 2. The van der Waals surface area contributed by atoms with Crippen molar-refractivity contribution in [2.24, 2.45) is 0 Å². The molecule has 1 amide bonds. The van der Waals surface area contributed by atoms with Gasteiger partial charge < -0.3 is 5.32 Å². The number of ketones is 1. The first-order valence-corrected chi connectivity index (χ1v) is 7.14. The van der Waals surface area contributed by atoms with Crippen LogP contribution in [-0.4, -0.2) is 11.7 Å². The highest BCUT2D eigenvalue weighted by Gasteiger charge is 2.25. The standard InChI is InChI=1S/C15H9BrClNO2/c16-10-3-1-8(2-4-10)15(20)12-7-11(17)5-9-6-13(19)18-14(9)12/h1-5,7H,6H2,(H,18,19). The molecule has 0 radical (unpaired) electrons. The Hall–Kier alpha value is -1.65. The van der Waals surface area contributed by atoms with Gasteiger partial charge in [-0.05, 0) is 42.0 Å². The molecule has 0 aliphatic carbocycles. The molecule has 100 valence electrons. The summed E-state index contributed by atoms with van der Waals surface area (Å²) in [4.78, 5) is 24.0. The van der Waals surface area contributed by atoms with Gasteiger partial charge >= 0.3 is 0 Å². The lowest BCUT2D eigenvalue weighted by Gasteiger charge is -2.08. The van der Waals surface area contributed by atoms with E-state index in [1.807, 2.05) is 0 Å². The summed E-state index contributed by atoms with van der Waals surface area (Å²) in [6, 6.07) is 10.4. The largest absolute Gasteiger partial charge is 0.325 e. The van der Waals surface area contributed by atoms with Gasteiger partial charge in [-0.25, -0.2) is 0 Å². The van der Waals surface area contributed by atoms with Crippen LogP contribution in [0.15, 0.2) is 40.9 Å². The Morgan fingerprint density at radius 1 is 1.20 bits per heavy atom. The number of hydrogen-bond donors (Lipinski definition) is 1. The minimum atomic E-state index is -0.154. The van der Waals surface area contributed by atoms with E-state index in [-0.39, 0.29) is 18.1 Å². The van der Waals surface area contributed by atoms with Crippen LogP contribution in [-0.2, 0) is 11.2 Å². The summed E-state index contributed by atoms with van der Waals surface area (Å²) in [7, 11) is 0. The fraction of sp³-hybridized carbons (Fsp3) is 0.0667. The van der Waals surface area contributed by atoms with Crippen LogP contribution >= 0.6 is 27.5 Å². The van der Waals surface area contributed by atoms with Crippen molar-refractivity contribution >= 4 is 44.9 Å². The highest BCUT2D eigenvalue weighted by atomic mass is 79.9. The molecule has 1 aliphatic rings. The van der Waals surface area contributed by atoms with E-state index >= 15 is 0 Å². The third-order valence-electron chi connectivity index (χ3n) is 3.15. The van der Waals surface area contributed by atoms with Gasteiger partial charge in [0.2, 0.25) is 5.91 Å². The summed E-state index contributed by atoms with van der Waals surface area (Å²) in [6.45, 7) is 0. The SMILES string of the molecule is O=C1Cc2cc(Cl)cc(C(=O)c3ccc(Br)cc3)c2N1. The Labute approximate surface area is 129 Å². The number of amides is 1. The summed E-state index contributed by atoms with van der Waals surface area (Å²) >= 11 is 9.36. The Balaban J connectivity index is 2.09. The van der Waals surface area contributed by atoms with Crippen molar-refractivity contribution in [3.05, 3.63) is 62.6 Å². The first-order valence-electron chi connectivity index (χ1n) is 5.97. The fourth-order valence-electron chi connectivity index (χ4n) is 2.24. The minimum Gasteiger partial charge on any atom is -0.325 e. The van der Waals surface area contributed by atoms with Crippen molar-refractivity contribution in [3.63, 3.8) is 0 Å². The second kappa shape index (κ2) is 5.04. The molecule has 3 rings (SSSR count). The molecule has 1 heterocycles. The van der Waals surface area contributed by atoms with E-state index in [0.29, 0.717) is 21.8 Å². The van der Waals surface area contributed by atoms with Crippen molar-refractivity contribution in [2.75, 3.05) is 5.32 Å². The third-order valence-corrected chi connectivity index (χ3v) is 3.90. The molecule has 0 fully saturated rings. The lowest BCUT2D eigenvalue weighted by Crippen LogP contribution is -2.08. The Morgan fingerprint density at radius 2 is 1.90 bits per heavy atom. The predicted molar refractivity (Wildman–Crippen MR) is 81.4 cm³/mol. The molecule has 0 saturated carbocycles. The lowest BCUT2D eigenvalue weighted by molar-refractivity contribution is -0.115. The number of anilines is 1. The number of halogens is 2. The Morgan fingerprint density at radius 3 is 2.60 bits per heavy atom. The van der Waals surface area contributed by atoms with Crippen LogP contribution < -0.4 is 5.32 Å². The van der Waals surface area contributed by atoms with Crippen LogP contribution in [0.1, 0.15) is 21.5 Å². The lowest BCUT2D eigenvalue weighted by atomic mass is 9.99. The fourth-order valence-corrected chi connectivity index (χ4v) is 2.75. The zero-order valence-electron chi connectivity index (χ0n) is 10.2. The number of fused-ring (bicyclic) bond motifs is 1. The monoisotopic (exact) mass is 349 g/mol. The second-order valence-electron chi connectivity index (χ2n) is 4.55. The van der Waals surface area contributed by atoms with Crippen molar-refractivity contribution in [1.82, 2.24) is 0 Å². The maximum absolute atomic E-state index is 12.6. The summed E-state index contributed by atoms with van der Waals surface area (Å²) in [5.41, 5.74) is 2.33. The van der Waals surface area contributed by atoms with Crippen molar-refractivity contribution in [3.8, 4) is 0 Å². The van der Waals surface area contributed by atoms with Crippen LogP contribution in [0.4, 0.5) is 5.69 Å². The van der Waals surface area contributed by atoms with Crippen LogP contribution in [0.5, 0.6) is 0 Å². The van der Waals surface area contributed by atoms with Crippen LogP contribution in [0.3, 0.4) is 0 Å². The molecule has 0 bridgehead atoms. The molecule has 2 aromatic rings. The Bertz CT molecular complexity index is 725. The van der Waals surface area contributed by atoms with Crippen molar-refractivity contribution in [1.29, 1.82) is 0 Å². The number of nitrogens with one attached hydrogen (secondary N) is 1. The molecule has 0 saturated heterocycles. The van der Waals surface area contributed by atoms with E-state index in [9.17, 15) is 9.59 Å². The molecule has 1 aliphatic heterocycles. The topological polar surface area (TPSA) is 46.2 Å². The van der Waals surface area contributed by atoms with Gasteiger partial charge in [0, 0.05) is 20.6 Å². The molecule has 0 spiro atoms. The number of carbonyl (C=O) groups excluding carboxylic acids is 2. The van der Waals surface area contributed by atoms with E-state index in [1.165, 1.54) is 0 Å². The molecular weight excluding hydrogens is 342 g/mol. The first-order chi connectivity index (χ1) is 9.54. The normalized spacial score (nSPS) is 13.0. The average Bonchev–Trinajstić information content (AvgIpc) is 2.78. The summed E-state index contributed by atoms with van der Waals surface area (Å²) < 4.78 is 0.902. The van der Waals surface area contributed by atoms with Gasteiger partial charge in [-0.3, -0.25) is 9.59 Å². The molecule has 2 aromatic carbocycles. The van der Waals surface area contributed by atoms with Crippen LogP contribution in [0.2, 0.25) is 5.02 Å². The van der Waals surface area contributed by atoms with Crippen LogP contribution in [0, 0.1) is 0 Å². The van der Waals surface area contributed by atoms with Crippen LogP contribution in [0.25, 0.3) is 0 Å². The molecule has 20 heavy (non-hydrogen) atoms. The highest BCUT2D eigenvalue weighted by molar-refractivity contribution is 9.10. The van der Waals surface area contributed by atoms with Gasteiger partial charge in [-0.2, -0.15) is 0 Å². The zero-order valence-corrected chi connectivity index (χ0v) is 12.6.